The van der Waals surface area contributed by atoms with E-state index in [0.29, 0.717) is 12.1 Å². The molecule has 1 N–H and O–H groups in total. The van der Waals surface area contributed by atoms with E-state index in [1.54, 1.807) is 42.6 Å². The summed E-state index contributed by atoms with van der Waals surface area (Å²) in [7, 11) is -1.49. The zero-order chi connectivity index (χ0) is 29.6. The number of pyridine rings is 2. The maximum atomic E-state index is 14.6. The van der Waals surface area contributed by atoms with Crippen molar-refractivity contribution in [2.24, 2.45) is 10.2 Å². The Morgan fingerprint density at radius 1 is 1.15 bits per heavy atom. The Hall–Kier alpha value is -4.27. The number of carbonyl (C=O) groups excluding carboxylic acids is 1. The number of benzene rings is 1. The highest BCUT2D eigenvalue weighted by Gasteiger charge is 2.52. The van der Waals surface area contributed by atoms with E-state index >= 15 is 0 Å². The van der Waals surface area contributed by atoms with Crippen LogP contribution in [0.15, 0.2) is 87.7 Å². The Labute approximate surface area is 235 Å². The minimum atomic E-state index is -4.20. The summed E-state index contributed by atoms with van der Waals surface area (Å²) < 4.78 is 56.9. The van der Waals surface area contributed by atoms with Gasteiger partial charge in [0.25, 0.3) is 21.6 Å². The fraction of sp³-hybridized carbons (Fsp3) is 0.296. The molecule has 0 saturated carbocycles. The molecule has 41 heavy (non-hydrogen) atoms. The molecule has 2 unspecified atom stereocenters. The van der Waals surface area contributed by atoms with Gasteiger partial charge in [0.05, 0.1) is 56.4 Å². The Kier molecular flexibility index (Phi) is 9.05. The molecule has 2 aromatic heterocycles. The van der Waals surface area contributed by atoms with Crippen molar-refractivity contribution >= 4 is 16.0 Å². The second kappa shape index (κ2) is 12.5. The zero-order valence-electron chi connectivity index (χ0n) is 22.5. The van der Waals surface area contributed by atoms with Gasteiger partial charge in [-0.3, -0.25) is 14.6 Å². The normalized spacial score (nSPS) is 17.2. The number of amides is 1. The molecule has 2 atom stereocenters. The predicted molar refractivity (Wildman–Crippen MR) is 145 cm³/mol. The first kappa shape index (κ1) is 29.7. The van der Waals surface area contributed by atoms with Crippen LogP contribution in [0, 0.1) is 5.82 Å². The number of nitrogens with zero attached hydrogens (tertiary/aromatic N) is 4. The SMILES string of the molecule is COCC(c1ccc(Cn2ccccc2=O)cc1)C1(OS(C)(=O)=O)N=NC=C1C(=O)NCc1nccc(OC)c1F. The third-order valence-electron chi connectivity index (χ3n) is 6.30. The minimum Gasteiger partial charge on any atom is -0.494 e. The molecule has 1 aromatic carbocycles. The fourth-order valence-electron chi connectivity index (χ4n) is 4.40. The zero-order valence-corrected chi connectivity index (χ0v) is 23.3. The van der Waals surface area contributed by atoms with Crippen molar-refractivity contribution in [3.8, 4) is 5.75 Å². The lowest BCUT2D eigenvalue weighted by molar-refractivity contribution is -0.119. The first-order chi connectivity index (χ1) is 19.6. The van der Waals surface area contributed by atoms with Crippen LogP contribution in [0.5, 0.6) is 5.75 Å². The third kappa shape index (κ3) is 6.73. The van der Waals surface area contributed by atoms with Crippen molar-refractivity contribution < 1.29 is 31.3 Å². The lowest BCUT2D eigenvalue weighted by atomic mass is 9.84. The van der Waals surface area contributed by atoms with Crippen molar-refractivity contribution in [2.75, 3.05) is 27.1 Å². The Balaban J connectivity index is 1.65. The van der Waals surface area contributed by atoms with Gasteiger partial charge in [-0.2, -0.15) is 13.5 Å². The first-order valence-corrected chi connectivity index (χ1v) is 14.1. The maximum absolute atomic E-state index is 14.6. The molecule has 0 fully saturated rings. The smallest absolute Gasteiger partial charge is 0.267 e. The van der Waals surface area contributed by atoms with Crippen LogP contribution < -0.4 is 15.6 Å². The summed E-state index contributed by atoms with van der Waals surface area (Å²) in [5, 5.41) is 10.5. The number of carbonyl (C=O) groups is 1. The number of ether oxygens (including phenoxy) is 2. The van der Waals surface area contributed by atoms with Crippen LogP contribution in [0.2, 0.25) is 0 Å². The van der Waals surface area contributed by atoms with E-state index in [0.717, 1.165) is 18.0 Å². The second-order valence-corrected chi connectivity index (χ2v) is 10.7. The molecular weight excluding hydrogens is 557 g/mol. The molecule has 216 valence electrons. The highest BCUT2D eigenvalue weighted by atomic mass is 32.2. The van der Waals surface area contributed by atoms with Crippen LogP contribution in [0.3, 0.4) is 0 Å². The lowest BCUT2D eigenvalue weighted by Crippen LogP contribution is -2.46. The molecular formula is C27H28FN5O7S. The Morgan fingerprint density at radius 2 is 1.90 bits per heavy atom. The molecule has 0 saturated heterocycles. The first-order valence-electron chi connectivity index (χ1n) is 12.3. The van der Waals surface area contributed by atoms with Gasteiger partial charge in [-0.1, -0.05) is 30.3 Å². The standard InChI is InChI=1S/C27H28FN5O7S/c1-38-17-21(19-9-7-18(8-10-19)16-33-13-5-4-6-24(33)34)27(40-41(3,36)37)20(14-31-32-27)26(35)30-15-22-25(28)23(39-2)11-12-29-22/h4-14,21H,15-17H2,1-3H3,(H,30,35). The summed E-state index contributed by atoms with van der Waals surface area (Å²) in [6.07, 6.45) is 4.92. The van der Waals surface area contributed by atoms with E-state index in [1.165, 1.54) is 37.1 Å². The number of nitrogens with one attached hydrogen (secondary N) is 1. The molecule has 1 aliphatic heterocycles. The van der Waals surface area contributed by atoms with E-state index in [9.17, 15) is 22.4 Å². The number of aromatic nitrogens is 2. The van der Waals surface area contributed by atoms with E-state index < -0.39 is 33.5 Å². The number of hydrogen-bond acceptors (Lipinski definition) is 10. The number of hydrogen-bond donors (Lipinski definition) is 1. The molecule has 4 rings (SSSR count). The average Bonchev–Trinajstić information content (AvgIpc) is 3.35. The highest BCUT2D eigenvalue weighted by molar-refractivity contribution is 7.86. The summed E-state index contributed by atoms with van der Waals surface area (Å²) in [5.41, 5.74) is -1.28. The molecule has 1 amide bonds. The van der Waals surface area contributed by atoms with Crippen LogP contribution in [0.4, 0.5) is 4.39 Å². The topological polar surface area (TPSA) is 151 Å². The van der Waals surface area contributed by atoms with E-state index in [4.69, 9.17) is 13.7 Å². The quantitative estimate of drug-likeness (QED) is 0.319. The molecule has 0 radical (unpaired) electrons. The summed E-state index contributed by atoms with van der Waals surface area (Å²) in [4.78, 5) is 29.4. The summed E-state index contributed by atoms with van der Waals surface area (Å²) in [6, 6.07) is 13.1. The average molecular weight is 586 g/mol. The monoisotopic (exact) mass is 585 g/mol. The Bertz CT molecular complexity index is 1640. The largest absolute Gasteiger partial charge is 0.494 e. The van der Waals surface area contributed by atoms with Gasteiger partial charge >= 0.3 is 0 Å². The summed E-state index contributed by atoms with van der Waals surface area (Å²) in [6.45, 7) is -0.138. The van der Waals surface area contributed by atoms with Crippen molar-refractivity contribution in [2.45, 2.75) is 24.7 Å². The van der Waals surface area contributed by atoms with Crippen LogP contribution >= 0.6 is 0 Å². The van der Waals surface area contributed by atoms with E-state index in [1.807, 2.05) is 0 Å². The van der Waals surface area contributed by atoms with E-state index in [-0.39, 0.29) is 35.7 Å². The highest BCUT2D eigenvalue weighted by Crippen LogP contribution is 2.43. The minimum absolute atomic E-state index is 0.0511. The molecule has 3 heterocycles. The third-order valence-corrected chi connectivity index (χ3v) is 6.86. The van der Waals surface area contributed by atoms with Crippen LogP contribution in [-0.2, 0) is 36.9 Å². The number of halogens is 1. The van der Waals surface area contributed by atoms with Gasteiger partial charge in [0, 0.05) is 31.6 Å². The fourth-order valence-corrected chi connectivity index (χ4v) is 5.10. The molecule has 1 aliphatic rings. The predicted octanol–water partition coefficient (Wildman–Crippen LogP) is 2.51. The summed E-state index contributed by atoms with van der Waals surface area (Å²) in [5.74, 6) is -2.56. The molecule has 14 heteroatoms. The number of azo groups is 1. The molecule has 12 nitrogen and oxygen atoms in total. The van der Waals surface area contributed by atoms with Crippen molar-refractivity contribution in [3.63, 3.8) is 0 Å². The van der Waals surface area contributed by atoms with Crippen LogP contribution in [-0.4, -0.2) is 56.7 Å². The molecule has 0 aliphatic carbocycles. The van der Waals surface area contributed by atoms with Gasteiger partial charge in [-0.15, -0.1) is 5.11 Å². The number of methoxy groups -OCH3 is 2. The van der Waals surface area contributed by atoms with Crippen molar-refractivity contribution in [3.05, 3.63) is 106 Å². The van der Waals surface area contributed by atoms with Gasteiger partial charge in [0.15, 0.2) is 11.6 Å². The van der Waals surface area contributed by atoms with Crippen LogP contribution in [0.1, 0.15) is 22.7 Å². The van der Waals surface area contributed by atoms with E-state index in [2.05, 4.69) is 20.5 Å². The lowest BCUT2D eigenvalue weighted by Gasteiger charge is -2.34. The molecule has 3 aromatic rings. The van der Waals surface area contributed by atoms with Gasteiger partial charge in [0.2, 0.25) is 5.72 Å². The van der Waals surface area contributed by atoms with Gasteiger partial charge in [-0.05, 0) is 17.2 Å². The molecule has 0 spiro atoms. The van der Waals surface area contributed by atoms with Crippen LogP contribution in [0.25, 0.3) is 0 Å². The van der Waals surface area contributed by atoms with Gasteiger partial charge in [-0.25, -0.2) is 8.57 Å². The summed E-state index contributed by atoms with van der Waals surface area (Å²) >= 11 is 0. The number of rotatable bonds is 12. The second-order valence-electron chi connectivity index (χ2n) is 9.11. The van der Waals surface area contributed by atoms with Crippen molar-refractivity contribution in [1.82, 2.24) is 14.9 Å². The molecule has 0 bridgehead atoms. The van der Waals surface area contributed by atoms with Gasteiger partial charge in [0.1, 0.15) is 0 Å². The Morgan fingerprint density at radius 3 is 2.56 bits per heavy atom. The van der Waals surface area contributed by atoms with Gasteiger partial charge < -0.3 is 19.4 Å². The maximum Gasteiger partial charge on any atom is 0.267 e. The van der Waals surface area contributed by atoms with Crippen molar-refractivity contribution in [1.29, 1.82) is 0 Å².